The number of benzene rings is 1. The Balaban J connectivity index is 2.29. The summed E-state index contributed by atoms with van der Waals surface area (Å²) in [7, 11) is 1.58. The standard InChI is InChI=1S/C16H17NO4S2/c1-9(2)13(15(19)20)17-14(18)12(23-16(17)22)8-10-4-6-11(21-3)7-5-10/h4-9,13H,1-3H3,(H,19,20)/p-1. The van der Waals surface area contributed by atoms with Gasteiger partial charge in [0.15, 0.2) is 0 Å². The van der Waals surface area contributed by atoms with Gasteiger partial charge in [-0.25, -0.2) is 0 Å². The van der Waals surface area contributed by atoms with E-state index in [1.807, 2.05) is 12.1 Å². The van der Waals surface area contributed by atoms with Crippen LogP contribution in [0.2, 0.25) is 0 Å². The lowest BCUT2D eigenvalue weighted by molar-refractivity contribution is -0.311. The highest BCUT2D eigenvalue weighted by molar-refractivity contribution is 8.26. The van der Waals surface area contributed by atoms with Crippen molar-refractivity contribution in [3.8, 4) is 5.75 Å². The lowest BCUT2D eigenvalue weighted by Crippen LogP contribution is -2.52. The number of amides is 1. The molecule has 23 heavy (non-hydrogen) atoms. The molecule has 1 heterocycles. The minimum atomic E-state index is -1.30. The van der Waals surface area contributed by atoms with Gasteiger partial charge in [0, 0.05) is 0 Å². The molecular weight excluding hydrogens is 334 g/mol. The molecule has 1 aromatic carbocycles. The number of ether oxygens (including phenoxy) is 1. The van der Waals surface area contributed by atoms with Gasteiger partial charge in [-0.05, 0) is 29.7 Å². The number of aliphatic carboxylic acids is 1. The normalized spacial score (nSPS) is 17.9. The molecule has 0 aliphatic carbocycles. The molecular formula is C16H16NO4S2-. The summed E-state index contributed by atoms with van der Waals surface area (Å²) in [6.07, 6.45) is 1.69. The van der Waals surface area contributed by atoms with Crippen LogP contribution in [0.1, 0.15) is 19.4 Å². The average Bonchev–Trinajstić information content (AvgIpc) is 2.75. The number of thioether (sulfide) groups is 1. The topological polar surface area (TPSA) is 69.7 Å². The minimum absolute atomic E-state index is 0.234. The first-order valence-corrected chi connectivity index (χ1v) is 8.19. The summed E-state index contributed by atoms with van der Waals surface area (Å²) < 4.78 is 5.32. The zero-order valence-corrected chi connectivity index (χ0v) is 14.6. The highest BCUT2D eigenvalue weighted by Gasteiger charge is 2.38. The summed E-state index contributed by atoms with van der Waals surface area (Å²) >= 11 is 6.28. The fourth-order valence-electron chi connectivity index (χ4n) is 2.25. The molecule has 1 saturated heterocycles. The van der Waals surface area contributed by atoms with Crippen molar-refractivity contribution in [2.45, 2.75) is 19.9 Å². The van der Waals surface area contributed by atoms with Crippen LogP contribution in [-0.2, 0) is 9.59 Å². The second-order valence-electron chi connectivity index (χ2n) is 5.33. The quantitative estimate of drug-likeness (QED) is 0.594. The van der Waals surface area contributed by atoms with E-state index < -0.39 is 17.9 Å². The zero-order valence-electron chi connectivity index (χ0n) is 12.9. The molecule has 0 saturated carbocycles. The molecule has 0 bridgehead atoms. The number of carbonyl (C=O) groups is 2. The fraction of sp³-hybridized carbons (Fsp3) is 0.312. The number of methoxy groups -OCH3 is 1. The molecule has 0 aromatic heterocycles. The molecule has 1 unspecified atom stereocenters. The van der Waals surface area contributed by atoms with E-state index in [1.54, 1.807) is 39.2 Å². The number of nitrogens with zero attached hydrogens (tertiary/aromatic N) is 1. The molecule has 1 aromatic rings. The van der Waals surface area contributed by atoms with Crippen LogP contribution in [0.25, 0.3) is 6.08 Å². The Morgan fingerprint density at radius 1 is 1.35 bits per heavy atom. The number of hydrogen-bond acceptors (Lipinski definition) is 6. The van der Waals surface area contributed by atoms with Crippen LogP contribution in [-0.4, -0.2) is 34.2 Å². The third kappa shape index (κ3) is 3.73. The van der Waals surface area contributed by atoms with Gasteiger partial charge in [0.2, 0.25) is 0 Å². The van der Waals surface area contributed by atoms with Crippen molar-refractivity contribution in [1.29, 1.82) is 0 Å². The van der Waals surface area contributed by atoms with Crippen molar-refractivity contribution in [2.24, 2.45) is 5.92 Å². The molecule has 1 atom stereocenters. The third-order valence-corrected chi connectivity index (χ3v) is 4.72. The van der Waals surface area contributed by atoms with Crippen LogP contribution in [0.5, 0.6) is 5.75 Å². The van der Waals surface area contributed by atoms with E-state index in [0.717, 1.165) is 22.2 Å². The van der Waals surface area contributed by atoms with E-state index in [1.165, 1.54) is 0 Å². The monoisotopic (exact) mass is 350 g/mol. The zero-order chi connectivity index (χ0) is 17.1. The highest BCUT2D eigenvalue weighted by atomic mass is 32.2. The van der Waals surface area contributed by atoms with Crippen molar-refractivity contribution in [2.75, 3.05) is 7.11 Å². The smallest absolute Gasteiger partial charge is 0.266 e. The predicted octanol–water partition coefficient (Wildman–Crippen LogP) is 1.67. The van der Waals surface area contributed by atoms with Gasteiger partial charge in [-0.15, -0.1) is 0 Å². The molecule has 0 radical (unpaired) electrons. The maximum Gasteiger partial charge on any atom is 0.266 e. The maximum atomic E-state index is 12.5. The first kappa shape index (κ1) is 17.5. The van der Waals surface area contributed by atoms with Gasteiger partial charge in [-0.2, -0.15) is 0 Å². The van der Waals surface area contributed by atoms with Gasteiger partial charge in [-0.1, -0.05) is 50.0 Å². The van der Waals surface area contributed by atoms with Crippen LogP contribution in [0.3, 0.4) is 0 Å². The van der Waals surface area contributed by atoms with Crippen molar-refractivity contribution < 1.29 is 19.4 Å². The Bertz CT molecular complexity index is 667. The van der Waals surface area contributed by atoms with Crippen LogP contribution < -0.4 is 9.84 Å². The summed E-state index contributed by atoms with van der Waals surface area (Å²) in [4.78, 5) is 25.4. The second-order valence-corrected chi connectivity index (χ2v) is 7.01. The molecule has 1 amide bonds. The SMILES string of the molecule is COc1ccc(C=C2SC(=S)N(C(C(=O)[O-])C(C)C)C2=O)cc1. The molecule has 1 aliphatic heterocycles. The van der Waals surface area contributed by atoms with Crippen LogP contribution >= 0.6 is 24.0 Å². The molecule has 2 rings (SSSR count). The van der Waals surface area contributed by atoms with Crippen LogP contribution in [0.15, 0.2) is 29.2 Å². The Labute approximate surface area is 144 Å². The molecule has 1 aliphatic rings. The fourth-order valence-corrected chi connectivity index (χ4v) is 3.58. The lowest BCUT2D eigenvalue weighted by Gasteiger charge is -2.30. The molecule has 5 nitrogen and oxygen atoms in total. The first-order chi connectivity index (χ1) is 10.8. The highest BCUT2D eigenvalue weighted by Crippen LogP contribution is 2.35. The molecule has 1 fully saturated rings. The number of carboxylic acids is 1. The summed E-state index contributed by atoms with van der Waals surface area (Å²) in [5.74, 6) is -1.30. The largest absolute Gasteiger partial charge is 0.548 e. The van der Waals surface area contributed by atoms with Crippen LogP contribution in [0.4, 0.5) is 0 Å². The molecule has 0 spiro atoms. The van der Waals surface area contributed by atoms with E-state index in [2.05, 4.69) is 0 Å². The van der Waals surface area contributed by atoms with Crippen molar-refractivity contribution >= 4 is 46.3 Å². The number of thiocarbonyl (C=S) groups is 1. The number of carboxylic acid groups (broad SMARTS) is 1. The summed E-state index contributed by atoms with van der Waals surface area (Å²) in [6, 6.07) is 6.12. The van der Waals surface area contributed by atoms with Crippen LogP contribution in [0, 0.1) is 5.92 Å². The van der Waals surface area contributed by atoms with Gasteiger partial charge in [0.25, 0.3) is 5.91 Å². The van der Waals surface area contributed by atoms with Gasteiger partial charge in [-0.3, -0.25) is 9.69 Å². The summed E-state index contributed by atoms with van der Waals surface area (Å²) in [6.45, 7) is 3.43. The van der Waals surface area contributed by atoms with Gasteiger partial charge < -0.3 is 14.6 Å². The van der Waals surface area contributed by atoms with E-state index >= 15 is 0 Å². The molecule has 7 heteroatoms. The summed E-state index contributed by atoms with van der Waals surface area (Å²) in [5.41, 5.74) is 0.806. The van der Waals surface area contributed by atoms with Crippen molar-refractivity contribution in [1.82, 2.24) is 4.90 Å². The maximum absolute atomic E-state index is 12.5. The Morgan fingerprint density at radius 3 is 2.43 bits per heavy atom. The van der Waals surface area contributed by atoms with E-state index in [0.29, 0.717) is 10.7 Å². The van der Waals surface area contributed by atoms with Gasteiger partial charge >= 0.3 is 0 Å². The third-order valence-electron chi connectivity index (χ3n) is 3.39. The average molecular weight is 350 g/mol. The van der Waals surface area contributed by atoms with Crippen molar-refractivity contribution in [3.63, 3.8) is 0 Å². The minimum Gasteiger partial charge on any atom is -0.548 e. The van der Waals surface area contributed by atoms with Gasteiger partial charge in [0.05, 0.1) is 24.0 Å². The van der Waals surface area contributed by atoms with E-state index in [-0.39, 0.29) is 10.2 Å². The lowest BCUT2D eigenvalue weighted by atomic mass is 10.0. The number of hydrogen-bond donors (Lipinski definition) is 0. The Kier molecular flexibility index (Phi) is 5.43. The molecule has 122 valence electrons. The molecule has 0 N–H and O–H groups in total. The van der Waals surface area contributed by atoms with E-state index in [9.17, 15) is 14.7 Å². The predicted molar refractivity (Wildman–Crippen MR) is 91.6 cm³/mol. The Morgan fingerprint density at radius 2 is 1.96 bits per heavy atom. The van der Waals surface area contributed by atoms with Gasteiger partial charge in [0.1, 0.15) is 10.1 Å². The van der Waals surface area contributed by atoms with Crippen molar-refractivity contribution in [3.05, 3.63) is 34.7 Å². The first-order valence-electron chi connectivity index (χ1n) is 6.97. The number of carbonyl (C=O) groups excluding carboxylic acids is 2. The van der Waals surface area contributed by atoms with E-state index in [4.69, 9.17) is 17.0 Å². The Hall–Kier alpha value is -1.86. The second kappa shape index (κ2) is 7.14. The summed E-state index contributed by atoms with van der Waals surface area (Å²) in [5, 5.41) is 11.3. The number of rotatable bonds is 5.